The Kier molecular flexibility index (Phi) is 8.62. The number of rotatable bonds is 10. The van der Waals surface area contributed by atoms with Gasteiger partial charge in [-0.2, -0.15) is 11.8 Å². The van der Waals surface area contributed by atoms with Gasteiger partial charge in [0.05, 0.1) is 0 Å². The normalized spacial score (nSPS) is 20.2. The van der Waals surface area contributed by atoms with E-state index < -0.39 is 12.0 Å². The maximum Gasteiger partial charge on any atom is 0.326 e. The first-order chi connectivity index (χ1) is 15.5. The summed E-state index contributed by atoms with van der Waals surface area (Å²) in [7, 11) is 0. The zero-order valence-electron chi connectivity index (χ0n) is 18.5. The molecule has 0 saturated carbocycles. The lowest BCUT2D eigenvalue weighted by Crippen LogP contribution is -2.41. The van der Waals surface area contributed by atoms with Crippen LogP contribution in [0.3, 0.4) is 0 Å². The van der Waals surface area contributed by atoms with Crippen molar-refractivity contribution < 1.29 is 14.7 Å². The molecular formula is C25H31N3O3S. The standard InChI is InChI=1S/C25H31N3O3S/c1-17-14-20(10-12-26-17)27-16-18-8-9-21(22(15-18)19-6-4-3-5-7-19)24(29)28-23(25(30)31)11-13-32-2/h3-6,8-10,12,14-15,17,19,23,26-27H,7,11,13,16H2,1-2H3,(H,28,29)(H,30,31)/t17?,19?,23-/m0/s1. The van der Waals surface area contributed by atoms with Gasteiger partial charge in [-0.15, -0.1) is 0 Å². The number of nitrogens with one attached hydrogen (secondary N) is 3. The van der Waals surface area contributed by atoms with Crippen LogP contribution < -0.4 is 16.0 Å². The lowest BCUT2D eigenvalue weighted by atomic mass is 9.87. The molecule has 1 aliphatic carbocycles. The van der Waals surface area contributed by atoms with E-state index in [0.717, 1.165) is 23.2 Å². The number of aliphatic carboxylic acids is 1. The van der Waals surface area contributed by atoms with Crippen molar-refractivity contribution in [3.05, 3.63) is 83.2 Å². The van der Waals surface area contributed by atoms with Gasteiger partial charge in [-0.05, 0) is 67.3 Å². The molecule has 6 nitrogen and oxygen atoms in total. The van der Waals surface area contributed by atoms with Gasteiger partial charge in [0.1, 0.15) is 6.04 Å². The van der Waals surface area contributed by atoms with Crippen molar-refractivity contribution in [1.29, 1.82) is 0 Å². The minimum absolute atomic E-state index is 0.0770. The third kappa shape index (κ3) is 6.53. The van der Waals surface area contributed by atoms with Gasteiger partial charge in [-0.25, -0.2) is 4.79 Å². The number of carboxylic acid groups (broad SMARTS) is 1. The van der Waals surface area contributed by atoms with Crippen molar-refractivity contribution in [3.8, 4) is 0 Å². The van der Waals surface area contributed by atoms with Crippen LogP contribution in [0.2, 0.25) is 0 Å². The molecule has 0 spiro atoms. The highest BCUT2D eigenvalue weighted by Gasteiger charge is 2.24. The summed E-state index contributed by atoms with van der Waals surface area (Å²) in [5, 5.41) is 18.9. The molecule has 3 rings (SSSR count). The Balaban J connectivity index is 1.80. The Morgan fingerprint density at radius 1 is 1.31 bits per heavy atom. The molecule has 1 aromatic rings. The van der Waals surface area contributed by atoms with Crippen molar-refractivity contribution in [2.24, 2.45) is 0 Å². The summed E-state index contributed by atoms with van der Waals surface area (Å²) in [5.41, 5.74) is 3.57. The Morgan fingerprint density at radius 3 is 2.84 bits per heavy atom. The third-order valence-corrected chi connectivity index (χ3v) is 6.15. The highest BCUT2D eigenvalue weighted by atomic mass is 32.2. The smallest absolute Gasteiger partial charge is 0.326 e. The van der Waals surface area contributed by atoms with Gasteiger partial charge in [0.25, 0.3) is 5.91 Å². The third-order valence-electron chi connectivity index (χ3n) is 5.50. The van der Waals surface area contributed by atoms with Crippen LogP contribution in [0.1, 0.15) is 47.2 Å². The number of carboxylic acids is 1. The van der Waals surface area contributed by atoms with Gasteiger partial charge in [-0.1, -0.05) is 36.4 Å². The predicted molar refractivity (Wildman–Crippen MR) is 131 cm³/mol. The number of thioether (sulfide) groups is 1. The molecule has 7 heteroatoms. The molecule has 0 aromatic heterocycles. The molecule has 1 aromatic carbocycles. The van der Waals surface area contributed by atoms with E-state index in [9.17, 15) is 14.7 Å². The second-order valence-electron chi connectivity index (χ2n) is 7.99. The molecule has 3 atom stereocenters. The lowest BCUT2D eigenvalue weighted by molar-refractivity contribution is -0.139. The van der Waals surface area contributed by atoms with Crippen LogP contribution in [0.15, 0.2) is 66.6 Å². The topological polar surface area (TPSA) is 90.5 Å². The fourth-order valence-electron chi connectivity index (χ4n) is 3.76. The van der Waals surface area contributed by atoms with Gasteiger partial charge in [-0.3, -0.25) is 4.79 Å². The van der Waals surface area contributed by atoms with Crippen LogP contribution >= 0.6 is 11.8 Å². The number of dihydropyridines is 1. The fourth-order valence-corrected chi connectivity index (χ4v) is 4.23. The van der Waals surface area contributed by atoms with Crippen LogP contribution in [0.5, 0.6) is 0 Å². The quantitative estimate of drug-likeness (QED) is 0.432. The first kappa shape index (κ1) is 23.7. The Labute approximate surface area is 193 Å². The number of carbonyl (C=O) groups is 2. The van der Waals surface area contributed by atoms with Gasteiger partial charge >= 0.3 is 5.97 Å². The summed E-state index contributed by atoms with van der Waals surface area (Å²) in [5.74, 6) is -0.599. The minimum atomic E-state index is -1.01. The molecule has 32 heavy (non-hydrogen) atoms. The van der Waals surface area contributed by atoms with Crippen LogP contribution in [0.25, 0.3) is 0 Å². The number of hydrogen-bond donors (Lipinski definition) is 4. The zero-order valence-corrected chi connectivity index (χ0v) is 19.3. The molecule has 0 saturated heterocycles. The molecule has 4 N–H and O–H groups in total. The molecule has 0 bridgehead atoms. The number of hydrogen-bond acceptors (Lipinski definition) is 5. The molecule has 1 aliphatic heterocycles. The van der Waals surface area contributed by atoms with Gasteiger partial charge in [0.2, 0.25) is 0 Å². The Bertz CT molecular complexity index is 952. The van der Waals surface area contributed by atoms with E-state index in [1.807, 2.05) is 42.8 Å². The summed E-state index contributed by atoms with van der Waals surface area (Å²) in [4.78, 5) is 24.7. The second-order valence-corrected chi connectivity index (χ2v) is 8.97. The summed E-state index contributed by atoms with van der Waals surface area (Å²) < 4.78 is 0. The maximum absolute atomic E-state index is 13.1. The van der Waals surface area contributed by atoms with Crippen molar-refractivity contribution in [3.63, 3.8) is 0 Å². The molecule has 2 aliphatic rings. The maximum atomic E-state index is 13.1. The largest absolute Gasteiger partial charge is 0.480 e. The monoisotopic (exact) mass is 453 g/mol. The molecule has 0 fully saturated rings. The average Bonchev–Trinajstić information content (AvgIpc) is 2.80. The van der Waals surface area contributed by atoms with E-state index >= 15 is 0 Å². The number of amides is 1. The van der Waals surface area contributed by atoms with Gasteiger partial charge in [0.15, 0.2) is 0 Å². The van der Waals surface area contributed by atoms with E-state index in [4.69, 9.17) is 0 Å². The molecule has 1 heterocycles. The highest BCUT2D eigenvalue weighted by Crippen LogP contribution is 2.29. The predicted octanol–water partition coefficient (Wildman–Crippen LogP) is 3.70. The SMILES string of the molecule is CSCC[C@H](NC(=O)c1ccc(CNC2=CC(C)NC=C2)cc1C1C=CC=CC1)C(=O)O. The van der Waals surface area contributed by atoms with Crippen molar-refractivity contribution in [2.75, 3.05) is 12.0 Å². The summed E-state index contributed by atoms with van der Waals surface area (Å²) >= 11 is 1.56. The van der Waals surface area contributed by atoms with E-state index in [1.54, 1.807) is 11.8 Å². The average molecular weight is 454 g/mol. The minimum Gasteiger partial charge on any atom is -0.480 e. The van der Waals surface area contributed by atoms with E-state index in [-0.39, 0.29) is 17.9 Å². The first-order valence-corrected chi connectivity index (χ1v) is 12.2. The van der Waals surface area contributed by atoms with Crippen LogP contribution in [0.4, 0.5) is 0 Å². The zero-order chi connectivity index (χ0) is 22.9. The lowest BCUT2D eigenvalue weighted by Gasteiger charge is -2.21. The fraction of sp³-hybridized carbons (Fsp3) is 0.360. The van der Waals surface area contributed by atoms with Crippen LogP contribution in [-0.2, 0) is 11.3 Å². The van der Waals surface area contributed by atoms with Gasteiger partial charge in [0, 0.05) is 29.8 Å². The Hall–Kier alpha value is -2.93. The second kappa shape index (κ2) is 11.6. The number of allylic oxidation sites excluding steroid dienone is 5. The summed E-state index contributed by atoms with van der Waals surface area (Å²) in [6.45, 7) is 2.72. The Morgan fingerprint density at radius 2 is 2.16 bits per heavy atom. The summed E-state index contributed by atoms with van der Waals surface area (Å²) in [6, 6.07) is 5.18. The molecular weight excluding hydrogens is 422 g/mol. The van der Waals surface area contributed by atoms with Crippen molar-refractivity contribution >= 4 is 23.6 Å². The van der Waals surface area contributed by atoms with Crippen LogP contribution in [0, 0.1) is 0 Å². The van der Waals surface area contributed by atoms with Crippen LogP contribution in [-0.4, -0.2) is 41.1 Å². The van der Waals surface area contributed by atoms with Gasteiger partial charge < -0.3 is 21.1 Å². The van der Waals surface area contributed by atoms with E-state index in [0.29, 0.717) is 24.3 Å². The molecule has 1 amide bonds. The van der Waals surface area contributed by atoms with Crippen molar-refractivity contribution in [2.45, 2.75) is 44.3 Å². The first-order valence-electron chi connectivity index (χ1n) is 10.8. The molecule has 0 radical (unpaired) electrons. The molecule has 2 unspecified atom stereocenters. The number of benzene rings is 1. The molecule has 170 valence electrons. The van der Waals surface area contributed by atoms with E-state index in [1.165, 1.54) is 0 Å². The highest BCUT2D eigenvalue weighted by molar-refractivity contribution is 7.98. The van der Waals surface area contributed by atoms with E-state index in [2.05, 4.69) is 47.2 Å². The number of carbonyl (C=O) groups excluding carboxylic acids is 1. The summed E-state index contributed by atoms with van der Waals surface area (Å²) in [6.07, 6.45) is 17.3. The van der Waals surface area contributed by atoms with Crippen molar-refractivity contribution in [1.82, 2.24) is 16.0 Å².